The molecule has 0 atom stereocenters. The lowest BCUT2D eigenvalue weighted by Crippen LogP contribution is -2.32. The minimum absolute atomic E-state index is 0.0352. The van der Waals surface area contributed by atoms with E-state index in [0.717, 1.165) is 23.5 Å². The maximum atomic E-state index is 12.9. The smallest absolute Gasteiger partial charge is 0.274 e. The van der Waals surface area contributed by atoms with Gasteiger partial charge in [-0.1, -0.05) is 30.3 Å². The second-order valence-corrected chi connectivity index (χ2v) is 7.02. The van der Waals surface area contributed by atoms with Gasteiger partial charge in [-0.3, -0.25) is 9.48 Å². The molecule has 3 rings (SSSR count). The number of carbonyl (C=O) groups excluding carboxylic acids is 1. The lowest BCUT2D eigenvalue weighted by molar-refractivity contribution is 0.0734. The van der Waals surface area contributed by atoms with Gasteiger partial charge in [0.1, 0.15) is 5.01 Å². The predicted octanol–water partition coefficient (Wildman–Crippen LogP) is 3.46. The third-order valence-electron chi connectivity index (χ3n) is 4.17. The van der Waals surface area contributed by atoms with E-state index in [4.69, 9.17) is 0 Å². The first-order valence-electron chi connectivity index (χ1n) is 8.35. The molecule has 6 heteroatoms. The second kappa shape index (κ2) is 8.07. The molecule has 0 spiro atoms. The lowest BCUT2D eigenvalue weighted by Gasteiger charge is -2.20. The highest BCUT2D eigenvalue weighted by Crippen LogP contribution is 2.14. The molecule has 5 nitrogen and oxygen atoms in total. The van der Waals surface area contributed by atoms with Crippen LogP contribution in [0.4, 0.5) is 0 Å². The average Bonchev–Trinajstić information content (AvgIpc) is 3.24. The molecule has 2 aromatic heterocycles. The third-order valence-corrected chi connectivity index (χ3v) is 4.93. The van der Waals surface area contributed by atoms with E-state index < -0.39 is 0 Å². The van der Waals surface area contributed by atoms with Crippen LogP contribution in [0.2, 0.25) is 0 Å². The predicted molar refractivity (Wildman–Crippen MR) is 99.6 cm³/mol. The van der Waals surface area contributed by atoms with Gasteiger partial charge in [-0.25, -0.2) is 4.98 Å². The molecule has 3 aromatic rings. The van der Waals surface area contributed by atoms with Crippen molar-refractivity contribution in [2.24, 2.45) is 7.05 Å². The summed E-state index contributed by atoms with van der Waals surface area (Å²) in [6, 6.07) is 12.2. The van der Waals surface area contributed by atoms with Gasteiger partial charge in [0.2, 0.25) is 0 Å². The monoisotopic (exact) mass is 354 g/mol. The Bertz CT molecular complexity index is 792. The fourth-order valence-electron chi connectivity index (χ4n) is 2.69. The Morgan fingerprint density at radius 3 is 2.72 bits per heavy atom. The lowest BCUT2D eigenvalue weighted by atomic mass is 10.1. The maximum Gasteiger partial charge on any atom is 0.274 e. The third kappa shape index (κ3) is 4.54. The van der Waals surface area contributed by atoms with Gasteiger partial charge in [-0.2, -0.15) is 5.10 Å². The Hall–Kier alpha value is -2.47. The molecule has 25 heavy (non-hydrogen) atoms. The van der Waals surface area contributed by atoms with Crippen LogP contribution >= 0.6 is 11.3 Å². The SMILES string of the molecule is Cc1cc(C(=O)N(CCCc2ccccc2)Cc2nccs2)nn1C. The van der Waals surface area contributed by atoms with Crippen LogP contribution in [0.5, 0.6) is 0 Å². The molecule has 0 unspecified atom stereocenters. The zero-order valence-electron chi connectivity index (χ0n) is 14.6. The summed E-state index contributed by atoms with van der Waals surface area (Å²) in [5.74, 6) is -0.0352. The second-order valence-electron chi connectivity index (χ2n) is 6.04. The van der Waals surface area contributed by atoms with Gasteiger partial charge >= 0.3 is 0 Å². The van der Waals surface area contributed by atoms with Crippen LogP contribution in [-0.4, -0.2) is 32.1 Å². The van der Waals surface area contributed by atoms with E-state index in [2.05, 4.69) is 22.2 Å². The topological polar surface area (TPSA) is 51.0 Å². The Labute approximate surface area is 151 Å². The molecular weight excluding hydrogens is 332 g/mol. The first-order valence-corrected chi connectivity index (χ1v) is 9.23. The molecule has 0 fully saturated rings. The summed E-state index contributed by atoms with van der Waals surface area (Å²) in [4.78, 5) is 19.1. The number of hydrogen-bond acceptors (Lipinski definition) is 4. The molecule has 130 valence electrons. The number of benzene rings is 1. The minimum atomic E-state index is -0.0352. The number of rotatable bonds is 7. The van der Waals surface area contributed by atoms with Crippen molar-refractivity contribution < 1.29 is 4.79 Å². The molecule has 1 amide bonds. The molecule has 0 saturated carbocycles. The molecule has 0 saturated heterocycles. The largest absolute Gasteiger partial charge is 0.330 e. The molecule has 0 aliphatic carbocycles. The molecule has 0 bridgehead atoms. The van der Waals surface area contributed by atoms with Gasteiger partial charge in [0.25, 0.3) is 5.91 Å². The van der Waals surface area contributed by atoms with Crippen LogP contribution in [0.15, 0.2) is 48.0 Å². The van der Waals surface area contributed by atoms with Crippen LogP contribution in [0, 0.1) is 6.92 Å². The van der Waals surface area contributed by atoms with Gasteiger partial charge in [0.05, 0.1) is 6.54 Å². The van der Waals surface area contributed by atoms with Crippen LogP contribution in [0.3, 0.4) is 0 Å². The average molecular weight is 354 g/mol. The number of aryl methyl sites for hydroxylation is 3. The van der Waals surface area contributed by atoms with Gasteiger partial charge in [0, 0.05) is 30.9 Å². The number of amides is 1. The first-order chi connectivity index (χ1) is 12.1. The number of carbonyl (C=O) groups is 1. The molecule has 0 aliphatic rings. The van der Waals surface area contributed by atoms with E-state index >= 15 is 0 Å². The van der Waals surface area contributed by atoms with Gasteiger partial charge in [-0.15, -0.1) is 11.3 Å². The molecule has 0 radical (unpaired) electrons. The van der Waals surface area contributed by atoms with E-state index in [1.165, 1.54) is 5.56 Å². The number of aromatic nitrogens is 3. The summed E-state index contributed by atoms with van der Waals surface area (Å²) in [6.07, 6.45) is 3.63. The van der Waals surface area contributed by atoms with Crippen molar-refractivity contribution in [3.8, 4) is 0 Å². The Morgan fingerprint density at radius 1 is 1.28 bits per heavy atom. The van der Waals surface area contributed by atoms with Crippen molar-refractivity contribution in [3.63, 3.8) is 0 Å². The van der Waals surface area contributed by atoms with Gasteiger partial charge in [0.15, 0.2) is 5.69 Å². The fourth-order valence-corrected chi connectivity index (χ4v) is 3.32. The standard InChI is InChI=1S/C19H22N4OS/c1-15-13-17(21-22(15)2)19(24)23(14-18-20-10-12-25-18)11-6-9-16-7-4-3-5-8-16/h3-5,7-8,10,12-13H,6,9,11,14H2,1-2H3. The molecular formula is C19H22N4OS. The highest BCUT2D eigenvalue weighted by atomic mass is 32.1. The zero-order chi connectivity index (χ0) is 17.6. The van der Waals surface area contributed by atoms with Gasteiger partial charge < -0.3 is 4.90 Å². The van der Waals surface area contributed by atoms with Gasteiger partial charge in [-0.05, 0) is 31.4 Å². The summed E-state index contributed by atoms with van der Waals surface area (Å²) in [5, 5.41) is 7.22. The molecule has 0 aliphatic heterocycles. The summed E-state index contributed by atoms with van der Waals surface area (Å²) in [5.41, 5.74) is 2.76. The normalized spacial score (nSPS) is 10.8. The van der Waals surface area contributed by atoms with Crippen molar-refractivity contribution in [3.05, 3.63) is 69.9 Å². The van der Waals surface area contributed by atoms with Crippen molar-refractivity contribution in [1.29, 1.82) is 0 Å². The van der Waals surface area contributed by atoms with Crippen molar-refractivity contribution >= 4 is 17.2 Å². The fraction of sp³-hybridized carbons (Fsp3) is 0.316. The minimum Gasteiger partial charge on any atom is -0.330 e. The van der Waals surface area contributed by atoms with Crippen LogP contribution in [0.1, 0.15) is 33.2 Å². The van der Waals surface area contributed by atoms with E-state index in [1.54, 1.807) is 22.2 Å². The molecule has 2 heterocycles. The molecule has 1 aromatic carbocycles. The summed E-state index contributed by atoms with van der Waals surface area (Å²) < 4.78 is 1.73. The van der Waals surface area contributed by atoms with Crippen LogP contribution < -0.4 is 0 Å². The summed E-state index contributed by atoms with van der Waals surface area (Å²) in [7, 11) is 1.85. The van der Waals surface area contributed by atoms with Crippen molar-refractivity contribution in [2.75, 3.05) is 6.54 Å². The summed E-state index contributed by atoms with van der Waals surface area (Å²) in [6.45, 7) is 3.16. The highest BCUT2D eigenvalue weighted by Gasteiger charge is 2.20. The summed E-state index contributed by atoms with van der Waals surface area (Å²) >= 11 is 1.57. The van der Waals surface area contributed by atoms with E-state index in [1.807, 2.05) is 48.5 Å². The Morgan fingerprint density at radius 2 is 2.08 bits per heavy atom. The van der Waals surface area contributed by atoms with Crippen LogP contribution in [-0.2, 0) is 20.0 Å². The van der Waals surface area contributed by atoms with E-state index in [9.17, 15) is 4.79 Å². The quantitative estimate of drug-likeness (QED) is 0.653. The van der Waals surface area contributed by atoms with E-state index in [-0.39, 0.29) is 5.91 Å². The van der Waals surface area contributed by atoms with Crippen LogP contribution in [0.25, 0.3) is 0 Å². The number of nitrogens with zero attached hydrogens (tertiary/aromatic N) is 4. The van der Waals surface area contributed by atoms with Crippen molar-refractivity contribution in [2.45, 2.75) is 26.3 Å². The molecule has 0 N–H and O–H groups in total. The zero-order valence-corrected chi connectivity index (χ0v) is 15.4. The number of hydrogen-bond donors (Lipinski definition) is 0. The Kier molecular flexibility index (Phi) is 5.60. The first kappa shape index (κ1) is 17.4. The highest BCUT2D eigenvalue weighted by molar-refractivity contribution is 7.09. The van der Waals surface area contributed by atoms with Crippen molar-refractivity contribution in [1.82, 2.24) is 19.7 Å². The maximum absolute atomic E-state index is 12.9. The van der Waals surface area contributed by atoms with E-state index in [0.29, 0.717) is 18.8 Å². The number of thiazole rings is 1. The Balaban J connectivity index is 1.69.